The molecule has 0 radical (unpaired) electrons. The number of urea groups is 1. The molecule has 120 valence electrons. The van der Waals surface area contributed by atoms with Crippen molar-refractivity contribution >= 4 is 46.7 Å². The summed E-state index contributed by atoms with van der Waals surface area (Å²) >= 11 is 7.25. The zero-order valence-electron chi connectivity index (χ0n) is 12.4. The van der Waals surface area contributed by atoms with Crippen molar-refractivity contribution in [2.75, 3.05) is 23.4 Å². The van der Waals surface area contributed by atoms with E-state index in [1.807, 2.05) is 12.1 Å². The van der Waals surface area contributed by atoms with Crippen LogP contribution in [0.4, 0.5) is 16.2 Å². The Morgan fingerprint density at radius 2 is 1.52 bits per heavy atom. The van der Waals surface area contributed by atoms with Crippen molar-refractivity contribution in [3.8, 4) is 0 Å². The number of carbonyl (C=O) groups is 2. The molecule has 23 heavy (non-hydrogen) atoms. The van der Waals surface area contributed by atoms with Crippen LogP contribution in [0.2, 0.25) is 5.02 Å². The van der Waals surface area contributed by atoms with Gasteiger partial charge in [0.1, 0.15) is 0 Å². The van der Waals surface area contributed by atoms with E-state index in [1.54, 1.807) is 43.4 Å². The maximum Gasteiger partial charge on any atom is 0.318 e. The molecular weight excluding hydrogens is 334 g/mol. The molecule has 0 fully saturated rings. The maximum atomic E-state index is 11.9. The average Bonchev–Trinajstić information content (AvgIpc) is 2.56. The Bertz CT molecular complexity index is 675. The first kappa shape index (κ1) is 17.2. The van der Waals surface area contributed by atoms with E-state index in [0.29, 0.717) is 22.2 Å². The van der Waals surface area contributed by atoms with Crippen molar-refractivity contribution in [3.63, 3.8) is 0 Å². The van der Waals surface area contributed by atoms with Gasteiger partial charge < -0.3 is 16.0 Å². The van der Waals surface area contributed by atoms with Crippen LogP contribution < -0.4 is 16.0 Å². The van der Waals surface area contributed by atoms with E-state index in [0.717, 1.165) is 4.90 Å². The lowest BCUT2D eigenvalue weighted by molar-refractivity contribution is -0.113. The minimum Gasteiger partial charge on any atom is -0.341 e. The first-order valence-electron chi connectivity index (χ1n) is 6.84. The Morgan fingerprint density at radius 1 is 0.957 bits per heavy atom. The predicted octanol–water partition coefficient (Wildman–Crippen LogP) is 3.82. The number of benzene rings is 2. The molecule has 0 aliphatic heterocycles. The molecule has 5 nitrogen and oxygen atoms in total. The number of carbonyl (C=O) groups excluding carboxylic acids is 2. The number of thioether (sulfide) groups is 1. The van der Waals surface area contributed by atoms with Crippen molar-refractivity contribution in [1.29, 1.82) is 0 Å². The summed E-state index contributed by atoms with van der Waals surface area (Å²) in [5.74, 6) is 0.205. The van der Waals surface area contributed by atoms with E-state index in [1.165, 1.54) is 11.8 Å². The summed E-state index contributed by atoms with van der Waals surface area (Å²) in [6.45, 7) is 0. The number of hydrogen-bond donors (Lipinski definition) is 3. The molecule has 2 aromatic rings. The van der Waals surface area contributed by atoms with Gasteiger partial charge in [-0.15, -0.1) is 11.8 Å². The minimum absolute atomic E-state index is 0.100. The van der Waals surface area contributed by atoms with Crippen molar-refractivity contribution in [1.82, 2.24) is 5.32 Å². The third kappa shape index (κ3) is 5.84. The number of anilines is 2. The zero-order chi connectivity index (χ0) is 16.7. The summed E-state index contributed by atoms with van der Waals surface area (Å²) in [4.78, 5) is 24.1. The van der Waals surface area contributed by atoms with Crippen molar-refractivity contribution < 1.29 is 9.59 Å². The smallest absolute Gasteiger partial charge is 0.318 e. The van der Waals surface area contributed by atoms with Gasteiger partial charge in [0.15, 0.2) is 0 Å². The second-order valence-electron chi connectivity index (χ2n) is 4.57. The fourth-order valence-electron chi connectivity index (χ4n) is 1.71. The van der Waals surface area contributed by atoms with Gasteiger partial charge in [0.25, 0.3) is 0 Å². The molecule has 0 bridgehead atoms. The van der Waals surface area contributed by atoms with Crippen LogP contribution >= 0.6 is 23.4 Å². The SMILES string of the molecule is CNC(=O)Nc1ccc(NC(=O)CSc2ccc(Cl)cc2)cc1. The summed E-state index contributed by atoms with van der Waals surface area (Å²) in [7, 11) is 1.54. The van der Waals surface area contributed by atoms with E-state index >= 15 is 0 Å². The highest BCUT2D eigenvalue weighted by molar-refractivity contribution is 8.00. The van der Waals surface area contributed by atoms with Crippen molar-refractivity contribution in [3.05, 3.63) is 53.6 Å². The third-order valence-electron chi connectivity index (χ3n) is 2.84. The second-order valence-corrected chi connectivity index (χ2v) is 6.06. The van der Waals surface area contributed by atoms with Crippen molar-refractivity contribution in [2.24, 2.45) is 0 Å². The number of halogens is 1. The van der Waals surface area contributed by atoms with E-state index in [-0.39, 0.29) is 11.9 Å². The molecule has 0 aliphatic rings. The lowest BCUT2D eigenvalue weighted by Crippen LogP contribution is -2.24. The van der Waals surface area contributed by atoms with E-state index in [2.05, 4.69) is 16.0 Å². The lowest BCUT2D eigenvalue weighted by atomic mass is 10.3. The van der Waals surface area contributed by atoms with Gasteiger partial charge in [-0.2, -0.15) is 0 Å². The van der Waals surface area contributed by atoms with Crippen LogP contribution in [0.5, 0.6) is 0 Å². The summed E-state index contributed by atoms with van der Waals surface area (Å²) in [5, 5.41) is 8.59. The van der Waals surface area contributed by atoms with Gasteiger partial charge in [-0.25, -0.2) is 4.79 Å². The highest BCUT2D eigenvalue weighted by atomic mass is 35.5. The third-order valence-corrected chi connectivity index (χ3v) is 4.10. The Hall–Kier alpha value is -2.18. The molecule has 0 saturated carbocycles. The van der Waals surface area contributed by atoms with Crippen LogP contribution in [0, 0.1) is 0 Å². The highest BCUT2D eigenvalue weighted by Gasteiger charge is 2.05. The van der Waals surface area contributed by atoms with Gasteiger partial charge in [0, 0.05) is 28.3 Å². The van der Waals surface area contributed by atoms with Crippen LogP contribution in [0.15, 0.2) is 53.4 Å². The molecule has 3 amide bonds. The lowest BCUT2D eigenvalue weighted by Gasteiger charge is -2.07. The monoisotopic (exact) mass is 349 g/mol. The van der Waals surface area contributed by atoms with E-state index in [4.69, 9.17) is 11.6 Å². The van der Waals surface area contributed by atoms with Gasteiger partial charge in [-0.3, -0.25) is 4.79 Å². The fourth-order valence-corrected chi connectivity index (χ4v) is 2.53. The number of rotatable bonds is 5. The van der Waals surface area contributed by atoms with Crippen molar-refractivity contribution in [2.45, 2.75) is 4.90 Å². The summed E-state index contributed by atoms with van der Waals surface area (Å²) in [6, 6.07) is 13.9. The average molecular weight is 350 g/mol. The largest absolute Gasteiger partial charge is 0.341 e. The molecule has 0 heterocycles. The summed E-state index contributed by atoms with van der Waals surface area (Å²) in [5.41, 5.74) is 1.33. The Kier molecular flexibility index (Phi) is 6.31. The zero-order valence-corrected chi connectivity index (χ0v) is 14.0. The van der Waals surface area contributed by atoms with Crippen LogP contribution in [0.3, 0.4) is 0 Å². The van der Waals surface area contributed by atoms with Gasteiger partial charge in [-0.1, -0.05) is 11.6 Å². The normalized spacial score (nSPS) is 10.0. The van der Waals surface area contributed by atoms with E-state index in [9.17, 15) is 9.59 Å². The number of amides is 3. The van der Waals surface area contributed by atoms with Crippen LogP contribution in [0.25, 0.3) is 0 Å². The minimum atomic E-state index is -0.291. The van der Waals surface area contributed by atoms with Gasteiger partial charge in [0.05, 0.1) is 5.75 Å². The molecule has 2 aromatic carbocycles. The van der Waals surface area contributed by atoms with Gasteiger partial charge in [0.2, 0.25) is 5.91 Å². The summed E-state index contributed by atoms with van der Waals surface area (Å²) in [6.07, 6.45) is 0. The number of nitrogens with one attached hydrogen (secondary N) is 3. The Morgan fingerprint density at radius 3 is 2.09 bits per heavy atom. The van der Waals surface area contributed by atoms with Crippen LogP contribution in [-0.4, -0.2) is 24.7 Å². The molecule has 0 aromatic heterocycles. The molecule has 7 heteroatoms. The van der Waals surface area contributed by atoms with E-state index < -0.39 is 0 Å². The standard InChI is InChI=1S/C16H16ClN3O2S/c1-18-16(22)20-13-6-4-12(5-7-13)19-15(21)10-23-14-8-2-11(17)3-9-14/h2-9H,10H2,1H3,(H,19,21)(H2,18,20,22). The molecule has 0 saturated heterocycles. The molecule has 0 spiro atoms. The quantitative estimate of drug-likeness (QED) is 0.718. The molecule has 2 rings (SSSR count). The Balaban J connectivity index is 1.82. The molecule has 3 N–H and O–H groups in total. The second kappa shape index (κ2) is 8.45. The van der Waals surface area contributed by atoms with Gasteiger partial charge in [-0.05, 0) is 48.5 Å². The Labute approximate surface area is 143 Å². The van der Waals surface area contributed by atoms with Gasteiger partial charge >= 0.3 is 6.03 Å². The first-order valence-corrected chi connectivity index (χ1v) is 8.20. The molecule has 0 aliphatic carbocycles. The molecular formula is C16H16ClN3O2S. The number of hydrogen-bond acceptors (Lipinski definition) is 3. The highest BCUT2D eigenvalue weighted by Crippen LogP contribution is 2.21. The molecule has 0 unspecified atom stereocenters. The topological polar surface area (TPSA) is 70.2 Å². The maximum absolute atomic E-state index is 11.9. The fraction of sp³-hybridized carbons (Fsp3) is 0.125. The summed E-state index contributed by atoms with van der Waals surface area (Å²) < 4.78 is 0. The molecule has 0 atom stereocenters. The predicted molar refractivity (Wildman–Crippen MR) is 95.3 cm³/mol. The van der Waals surface area contributed by atoms with Crippen LogP contribution in [0.1, 0.15) is 0 Å². The van der Waals surface area contributed by atoms with Crippen LogP contribution in [-0.2, 0) is 4.79 Å². The first-order chi connectivity index (χ1) is 11.1.